The van der Waals surface area contributed by atoms with Crippen molar-refractivity contribution in [3.8, 4) is 0 Å². The second-order valence-corrected chi connectivity index (χ2v) is 4.11. The zero-order valence-electron chi connectivity index (χ0n) is 8.97. The van der Waals surface area contributed by atoms with E-state index >= 15 is 0 Å². The standard InChI is InChI=1S/C11H15N3O2/c15-10-3-1-9(2-4-10)14-11(16)8-5-6-12-13-7-8/h5-7,9-10,15H,1-4H2,(H,14,16). The Bertz CT molecular complexity index is 348. The van der Waals surface area contributed by atoms with Crippen molar-refractivity contribution in [2.75, 3.05) is 0 Å². The number of amides is 1. The molecule has 5 heteroatoms. The van der Waals surface area contributed by atoms with Crippen LogP contribution in [0.15, 0.2) is 18.5 Å². The lowest BCUT2D eigenvalue weighted by Gasteiger charge is -2.26. The van der Waals surface area contributed by atoms with Crippen molar-refractivity contribution in [1.82, 2.24) is 15.5 Å². The second kappa shape index (κ2) is 5.03. The number of nitrogens with one attached hydrogen (secondary N) is 1. The van der Waals surface area contributed by atoms with Crippen molar-refractivity contribution < 1.29 is 9.90 Å². The highest BCUT2D eigenvalue weighted by atomic mass is 16.3. The van der Waals surface area contributed by atoms with Crippen LogP contribution in [0.2, 0.25) is 0 Å². The largest absolute Gasteiger partial charge is 0.393 e. The molecule has 1 saturated carbocycles. The van der Waals surface area contributed by atoms with E-state index in [1.54, 1.807) is 6.07 Å². The average molecular weight is 221 g/mol. The molecule has 1 aromatic rings. The zero-order chi connectivity index (χ0) is 11.4. The normalized spacial score (nSPS) is 25.1. The molecular weight excluding hydrogens is 206 g/mol. The molecule has 0 bridgehead atoms. The van der Waals surface area contributed by atoms with E-state index in [2.05, 4.69) is 15.5 Å². The Balaban J connectivity index is 1.88. The summed E-state index contributed by atoms with van der Waals surface area (Å²) in [5.74, 6) is -0.115. The lowest BCUT2D eigenvalue weighted by Crippen LogP contribution is -2.38. The first-order valence-corrected chi connectivity index (χ1v) is 5.51. The number of rotatable bonds is 2. The Labute approximate surface area is 93.9 Å². The molecule has 5 nitrogen and oxygen atoms in total. The lowest BCUT2D eigenvalue weighted by molar-refractivity contribution is 0.0867. The number of aliphatic hydroxyl groups excluding tert-OH is 1. The lowest BCUT2D eigenvalue weighted by atomic mass is 9.93. The number of hydrogen-bond acceptors (Lipinski definition) is 4. The Morgan fingerprint density at radius 1 is 1.31 bits per heavy atom. The molecule has 1 aliphatic carbocycles. The molecule has 0 aliphatic heterocycles. The van der Waals surface area contributed by atoms with Gasteiger partial charge in [-0.1, -0.05) is 0 Å². The SMILES string of the molecule is O=C(NC1CCC(O)CC1)c1ccnnc1. The molecule has 0 radical (unpaired) electrons. The molecule has 1 heterocycles. The highest BCUT2D eigenvalue weighted by Gasteiger charge is 2.21. The molecule has 16 heavy (non-hydrogen) atoms. The van der Waals surface area contributed by atoms with Gasteiger partial charge in [-0.05, 0) is 31.7 Å². The first-order chi connectivity index (χ1) is 7.75. The molecule has 2 N–H and O–H groups in total. The zero-order valence-corrected chi connectivity index (χ0v) is 8.97. The molecule has 0 atom stereocenters. The van der Waals surface area contributed by atoms with Gasteiger partial charge in [0.15, 0.2) is 0 Å². The summed E-state index contributed by atoms with van der Waals surface area (Å²) in [4.78, 5) is 11.8. The summed E-state index contributed by atoms with van der Waals surface area (Å²) in [6.45, 7) is 0. The third-order valence-electron chi connectivity index (χ3n) is 2.88. The fraction of sp³-hybridized carbons (Fsp3) is 0.545. The highest BCUT2D eigenvalue weighted by molar-refractivity contribution is 5.93. The van der Waals surface area contributed by atoms with E-state index < -0.39 is 0 Å². The van der Waals surface area contributed by atoms with Gasteiger partial charge in [0.2, 0.25) is 0 Å². The van der Waals surface area contributed by atoms with Crippen LogP contribution in [0.25, 0.3) is 0 Å². The fourth-order valence-corrected chi connectivity index (χ4v) is 1.91. The van der Waals surface area contributed by atoms with Gasteiger partial charge in [0, 0.05) is 6.04 Å². The molecule has 0 aromatic carbocycles. The third kappa shape index (κ3) is 2.76. The minimum absolute atomic E-state index is 0.115. The van der Waals surface area contributed by atoms with Crippen LogP contribution >= 0.6 is 0 Å². The van der Waals surface area contributed by atoms with E-state index in [0.717, 1.165) is 25.7 Å². The van der Waals surface area contributed by atoms with Crippen LogP contribution in [-0.2, 0) is 0 Å². The molecule has 1 aromatic heterocycles. The summed E-state index contributed by atoms with van der Waals surface area (Å²) in [5, 5.41) is 19.6. The van der Waals surface area contributed by atoms with Crippen LogP contribution in [0.4, 0.5) is 0 Å². The van der Waals surface area contributed by atoms with Gasteiger partial charge < -0.3 is 10.4 Å². The minimum atomic E-state index is -0.198. The van der Waals surface area contributed by atoms with Crippen LogP contribution in [0.3, 0.4) is 0 Å². The van der Waals surface area contributed by atoms with Crippen molar-refractivity contribution in [1.29, 1.82) is 0 Å². The van der Waals surface area contributed by atoms with Gasteiger partial charge in [-0.2, -0.15) is 10.2 Å². The number of aromatic nitrogens is 2. The van der Waals surface area contributed by atoms with Crippen LogP contribution in [0.1, 0.15) is 36.0 Å². The first-order valence-electron chi connectivity index (χ1n) is 5.51. The van der Waals surface area contributed by atoms with Crippen LogP contribution < -0.4 is 5.32 Å². The quantitative estimate of drug-likeness (QED) is 0.763. The maximum atomic E-state index is 11.8. The number of aliphatic hydroxyl groups is 1. The molecule has 2 rings (SSSR count). The number of nitrogens with zero attached hydrogens (tertiary/aromatic N) is 2. The molecule has 86 valence electrons. The van der Waals surface area contributed by atoms with Crippen LogP contribution in [-0.4, -0.2) is 33.4 Å². The van der Waals surface area contributed by atoms with Crippen molar-refractivity contribution >= 4 is 5.91 Å². The number of carbonyl (C=O) groups excluding carboxylic acids is 1. The molecule has 0 saturated heterocycles. The second-order valence-electron chi connectivity index (χ2n) is 4.11. The van der Waals surface area contributed by atoms with E-state index in [0.29, 0.717) is 5.56 Å². The summed E-state index contributed by atoms with van der Waals surface area (Å²) >= 11 is 0. The van der Waals surface area contributed by atoms with Crippen LogP contribution in [0, 0.1) is 0 Å². The van der Waals surface area contributed by atoms with E-state index in [-0.39, 0.29) is 18.1 Å². The summed E-state index contributed by atoms with van der Waals surface area (Å²) in [5.41, 5.74) is 0.529. The maximum absolute atomic E-state index is 11.8. The van der Waals surface area contributed by atoms with Crippen molar-refractivity contribution in [3.05, 3.63) is 24.0 Å². The molecule has 0 unspecified atom stereocenters. The fourth-order valence-electron chi connectivity index (χ4n) is 1.91. The summed E-state index contributed by atoms with van der Waals surface area (Å²) in [7, 11) is 0. The molecule has 1 fully saturated rings. The first kappa shape index (κ1) is 11.0. The summed E-state index contributed by atoms with van der Waals surface area (Å²) in [6.07, 6.45) is 5.96. The van der Waals surface area contributed by atoms with Gasteiger partial charge in [0.25, 0.3) is 5.91 Å². The smallest absolute Gasteiger partial charge is 0.253 e. The van der Waals surface area contributed by atoms with Gasteiger partial charge in [-0.15, -0.1) is 0 Å². The molecule has 0 spiro atoms. The van der Waals surface area contributed by atoms with E-state index in [1.165, 1.54) is 12.4 Å². The predicted molar refractivity (Wildman–Crippen MR) is 57.8 cm³/mol. The van der Waals surface area contributed by atoms with Crippen molar-refractivity contribution in [3.63, 3.8) is 0 Å². The molecule has 1 aliphatic rings. The van der Waals surface area contributed by atoms with Gasteiger partial charge in [0.05, 0.1) is 24.1 Å². The Kier molecular flexibility index (Phi) is 3.46. The monoisotopic (exact) mass is 221 g/mol. The van der Waals surface area contributed by atoms with E-state index in [9.17, 15) is 9.90 Å². The Morgan fingerprint density at radius 3 is 2.69 bits per heavy atom. The molecular formula is C11H15N3O2. The number of carbonyl (C=O) groups is 1. The van der Waals surface area contributed by atoms with Gasteiger partial charge in [-0.3, -0.25) is 4.79 Å². The summed E-state index contributed by atoms with van der Waals surface area (Å²) in [6, 6.07) is 1.81. The number of hydrogen-bond donors (Lipinski definition) is 2. The predicted octanol–water partition coefficient (Wildman–Crippen LogP) is 0.510. The average Bonchev–Trinajstić information content (AvgIpc) is 2.33. The van der Waals surface area contributed by atoms with Gasteiger partial charge in [-0.25, -0.2) is 0 Å². The maximum Gasteiger partial charge on any atom is 0.253 e. The van der Waals surface area contributed by atoms with Gasteiger partial charge in [0.1, 0.15) is 0 Å². The Morgan fingerprint density at radius 2 is 2.06 bits per heavy atom. The topological polar surface area (TPSA) is 75.1 Å². The highest BCUT2D eigenvalue weighted by Crippen LogP contribution is 2.18. The van der Waals surface area contributed by atoms with E-state index in [1.807, 2.05) is 0 Å². The minimum Gasteiger partial charge on any atom is -0.393 e. The summed E-state index contributed by atoms with van der Waals surface area (Å²) < 4.78 is 0. The Hall–Kier alpha value is -1.49. The van der Waals surface area contributed by atoms with Crippen molar-refractivity contribution in [2.45, 2.75) is 37.8 Å². The van der Waals surface area contributed by atoms with Gasteiger partial charge >= 0.3 is 0 Å². The van der Waals surface area contributed by atoms with Crippen LogP contribution in [0.5, 0.6) is 0 Å². The third-order valence-corrected chi connectivity index (χ3v) is 2.88. The molecule has 1 amide bonds. The van der Waals surface area contributed by atoms with E-state index in [4.69, 9.17) is 0 Å². The van der Waals surface area contributed by atoms with Crippen molar-refractivity contribution in [2.24, 2.45) is 0 Å².